The van der Waals surface area contributed by atoms with E-state index in [-0.39, 0.29) is 0 Å². The summed E-state index contributed by atoms with van der Waals surface area (Å²) >= 11 is 3.27. The van der Waals surface area contributed by atoms with Gasteiger partial charge < -0.3 is 10.2 Å². The lowest BCUT2D eigenvalue weighted by Gasteiger charge is -2.36. The summed E-state index contributed by atoms with van der Waals surface area (Å²) in [5, 5.41) is 5.69. The smallest absolute Gasteiger partial charge is 0.252 e. The minimum absolute atomic E-state index is 0.382. The van der Waals surface area contributed by atoms with Crippen molar-refractivity contribution in [3.8, 4) is 0 Å². The summed E-state index contributed by atoms with van der Waals surface area (Å²) in [6.45, 7) is 7.38. The highest BCUT2D eigenvalue weighted by molar-refractivity contribution is 8.00. The Balaban J connectivity index is 1.87. The zero-order valence-corrected chi connectivity index (χ0v) is 17.8. The molecule has 0 spiro atoms. The molecule has 2 rings (SSSR count). The van der Waals surface area contributed by atoms with E-state index >= 15 is 0 Å². The van der Waals surface area contributed by atoms with E-state index in [0.717, 1.165) is 24.8 Å². The van der Waals surface area contributed by atoms with Crippen molar-refractivity contribution >= 4 is 39.1 Å². The Labute approximate surface area is 159 Å². The Bertz CT molecular complexity index is 659. The minimum atomic E-state index is -3.39. The lowest BCUT2D eigenvalue weighted by molar-refractivity contribution is 0.378. The van der Waals surface area contributed by atoms with Crippen LogP contribution in [0, 0.1) is 5.92 Å². The SMILES string of the molecule is CN=C(NCCN(C)S(=O)(=O)c1cccs1)N1CCSC(C(C)C)C1. The van der Waals surface area contributed by atoms with Crippen molar-refractivity contribution in [3.05, 3.63) is 17.5 Å². The predicted octanol–water partition coefficient (Wildman–Crippen LogP) is 2.02. The van der Waals surface area contributed by atoms with E-state index in [9.17, 15) is 8.42 Å². The molecule has 1 saturated heterocycles. The van der Waals surface area contributed by atoms with Crippen LogP contribution in [-0.4, -0.2) is 74.9 Å². The maximum atomic E-state index is 12.4. The molecule has 1 fully saturated rings. The number of thiophene rings is 1. The van der Waals surface area contributed by atoms with Gasteiger partial charge in [0.1, 0.15) is 4.21 Å². The Kier molecular flexibility index (Phi) is 7.60. The second-order valence-corrected chi connectivity index (χ2v) is 10.9. The molecule has 0 aliphatic carbocycles. The van der Waals surface area contributed by atoms with Gasteiger partial charge in [-0.2, -0.15) is 16.1 Å². The number of nitrogens with zero attached hydrogens (tertiary/aromatic N) is 3. The van der Waals surface area contributed by atoms with Crippen molar-refractivity contribution in [1.29, 1.82) is 0 Å². The van der Waals surface area contributed by atoms with Crippen molar-refractivity contribution < 1.29 is 8.42 Å². The van der Waals surface area contributed by atoms with Gasteiger partial charge in [0.05, 0.1) is 0 Å². The first-order chi connectivity index (χ1) is 11.9. The fraction of sp³-hybridized carbons (Fsp3) is 0.688. The number of sulfonamides is 1. The summed E-state index contributed by atoms with van der Waals surface area (Å²) in [4.78, 5) is 6.64. The van der Waals surface area contributed by atoms with E-state index in [1.165, 1.54) is 15.6 Å². The highest BCUT2D eigenvalue weighted by Crippen LogP contribution is 2.24. The Morgan fingerprint density at radius 1 is 1.52 bits per heavy atom. The number of likely N-dealkylation sites (N-methyl/N-ethyl adjacent to an activating group) is 1. The number of aliphatic imine (C=N–C) groups is 1. The van der Waals surface area contributed by atoms with Gasteiger partial charge in [-0.25, -0.2) is 8.42 Å². The lowest BCUT2D eigenvalue weighted by Crippen LogP contribution is -2.50. The number of guanidine groups is 1. The highest BCUT2D eigenvalue weighted by atomic mass is 32.2. The minimum Gasteiger partial charge on any atom is -0.355 e. The van der Waals surface area contributed by atoms with Crippen LogP contribution in [0.2, 0.25) is 0 Å². The first-order valence-corrected chi connectivity index (χ1v) is 11.8. The Morgan fingerprint density at radius 3 is 2.88 bits per heavy atom. The molecule has 0 bridgehead atoms. The van der Waals surface area contributed by atoms with E-state index in [1.807, 2.05) is 11.8 Å². The van der Waals surface area contributed by atoms with E-state index in [4.69, 9.17) is 0 Å². The average molecular weight is 405 g/mol. The number of hydrogen-bond donors (Lipinski definition) is 1. The largest absolute Gasteiger partial charge is 0.355 e. The predicted molar refractivity (Wildman–Crippen MR) is 108 cm³/mol. The number of nitrogens with one attached hydrogen (secondary N) is 1. The number of rotatable bonds is 6. The van der Waals surface area contributed by atoms with Gasteiger partial charge in [-0.1, -0.05) is 19.9 Å². The first-order valence-electron chi connectivity index (χ1n) is 8.43. The Hall–Kier alpha value is -0.770. The molecule has 1 aromatic heterocycles. The normalized spacial score (nSPS) is 19.7. The van der Waals surface area contributed by atoms with Crippen molar-refractivity contribution in [2.75, 3.05) is 46.0 Å². The molecule has 1 atom stereocenters. The van der Waals surface area contributed by atoms with Gasteiger partial charge in [0.2, 0.25) is 0 Å². The van der Waals surface area contributed by atoms with Gasteiger partial charge in [0, 0.05) is 51.3 Å². The molecule has 6 nitrogen and oxygen atoms in total. The summed E-state index contributed by atoms with van der Waals surface area (Å²) in [6, 6.07) is 3.39. The Morgan fingerprint density at radius 2 is 2.28 bits per heavy atom. The second-order valence-electron chi connectivity index (χ2n) is 6.33. The third-order valence-electron chi connectivity index (χ3n) is 4.22. The molecule has 0 saturated carbocycles. The quantitative estimate of drug-likeness (QED) is 0.580. The topological polar surface area (TPSA) is 65.0 Å². The zero-order valence-electron chi connectivity index (χ0n) is 15.3. The molecule has 1 aromatic rings. The monoisotopic (exact) mass is 404 g/mol. The van der Waals surface area contributed by atoms with Crippen molar-refractivity contribution in [1.82, 2.24) is 14.5 Å². The van der Waals surface area contributed by atoms with Crippen LogP contribution in [0.5, 0.6) is 0 Å². The standard InChI is InChI=1S/C16H28N4O2S3/c1-13(2)14-12-20(9-11-23-14)16(17-3)18-7-8-19(4)25(21,22)15-6-5-10-24-15/h5-6,10,13-14H,7-9,11-12H2,1-4H3,(H,17,18). The van der Waals surface area contributed by atoms with Crippen molar-refractivity contribution in [2.45, 2.75) is 23.3 Å². The third-order valence-corrected chi connectivity index (χ3v) is 8.99. The fourth-order valence-electron chi connectivity index (χ4n) is 2.61. The van der Waals surface area contributed by atoms with Crippen molar-refractivity contribution in [2.24, 2.45) is 10.9 Å². The molecule has 0 amide bonds. The van der Waals surface area contributed by atoms with Crippen LogP contribution in [-0.2, 0) is 10.0 Å². The molecule has 0 radical (unpaired) electrons. The molecule has 2 heterocycles. The van der Waals surface area contributed by atoms with Gasteiger partial charge in [-0.3, -0.25) is 4.99 Å². The van der Waals surface area contributed by atoms with Gasteiger partial charge in [0.25, 0.3) is 10.0 Å². The maximum absolute atomic E-state index is 12.4. The molecular formula is C16H28N4O2S3. The molecule has 9 heteroatoms. The van der Waals surface area contributed by atoms with Crippen molar-refractivity contribution in [3.63, 3.8) is 0 Å². The molecule has 142 valence electrons. The summed E-state index contributed by atoms with van der Waals surface area (Å²) in [7, 11) is 0.00508. The van der Waals surface area contributed by atoms with Crippen LogP contribution in [0.1, 0.15) is 13.8 Å². The molecule has 25 heavy (non-hydrogen) atoms. The average Bonchev–Trinajstić information content (AvgIpc) is 3.14. The van der Waals surface area contributed by atoms with Gasteiger partial charge in [0.15, 0.2) is 5.96 Å². The summed E-state index contributed by atoms with van der Waals surface area (Å²) in [5.74, 6) is 2.58. The number of hydrogen-bond acceptors (Lipinski definition) is 5. The molecule has 1 aliphatic rings. The van der Waals surface area contributed by atoms with Crippen LogP contribution in [0.25, 0.3) is 0 Å². The summed E-state index contributed by atoms with van der Waals surface area (Å²) in [6.07, 6.45) is 0. The van der Waals surface area contributed by atoms with Gasteiger partial charge in [-0.15, -0.1) is 11.3 Å². The third kappa shape index (κ3) is 5.35. The van der Waals surface area contributed by atoms with E-state index in [2.05, 4.69) is 29.1 Å². The van der Waals surface area contributed by atoms with E-state index < -0.39 is 10.0 Å². The maximum Gasteiger partial charge on any atom is 0.252 e. The van der Waals surface area contributed by atoms with Gasteiger partial charge in [-0.05, 0) is 17.4 Å². The van der Waals surface area contributed by atoms with Crippen LogP contribution in [0.3, 0.4) is 0 Å². The zero-order chi connectivity index (χ0) is 18.4. The van der Waals surface area contributed by atoms with Crippen LogP contribution >= 0.6 is 23.1 Å². The second kappa shape index (κ2) is 9.25. The lowest BCUT2D eigenvalue weighted by atomic mass is 10.1. The molecule has 1 unspecified atom stereocenters. The number of thioether (sulfide) groups is 1. The van der Waals surface area contributed by atoms with E-state index in [0.29, 0.717) is 28.5 Å². The molecular weight excluding hydrogens is 376 g/mol. The van der Waals surface area contributed by atoms with E-state index in [1.54, 1.807) is 31.6 Å². The molecule has 1 aliphatic heterocycles. The van der Waals surface area contributed by atoms with Crippen LogP contribution in [0.4, 0.5) is 0 Å². The van der Waals surface area contributed by atoms with Crippen LogP contribution in [0.15, 0.2) is 26.7 Å². The summed E-state index contributed by atoms with van der Waals surface area (Å²) in [5.41, 5.74) is 0. The molecule has 1 N–H and O–H groups in total. The first kappa shape index (κ1) is 20.5. The highest BCUT2D eigenvalue weighted by Gasteiger charge is 2.25. The van der Waals surface area contributed by atoms with Crippen LogP contribution < -0.4 is 5.32 Å². The molecule has 0 aromatic carbocycles. The summed E-state index contributed by atoms with van der Waals surface area (Å²) < 4.78 is 26.6. The fourth-order valence-corrected chi connectivity index (χ4v) is 6.28. The van der Waals surface area contributed by atoms with Gasteiger partial charge >= 0.3 is 0 Å².